The molecule has 1 N–H and O–H groups in total. The molecule has 0 spiro atoms. The highest BCUT2D eigenvalue weighted by Gasteiger charge is 2.17. The number of ether oxygens (including phenoxy) is 1. The second kappa shape index (κ2) is 7.70. The minimum atomic E-state index is -0.201. The molecule has 6 heteroatoms. The molecule has 0 saturated carbocycles. The van der Waals surface area contributed by atoms with E-state index in [1.165, 1.54) is 12.3 Å². The molecule has 1 aliphatic rings. The summed E-state index contributed by atoms with van der Waals surface area (Å²) in [6.45, 7) is 4.61. The molecule has 2 amide bonds. The van der Waals surface area contributed by atoms with E-state index in [2.05, 4.69) is 17.2 Å². The van der Waals surface area contributed by atoms with Gasteiger partial charge in [-0.15, -0.1) is 0 Å². The number of pyridine rings is 1. The van der Waals surface area contributed by atoms with E-state index in [0.717, 1.165) is 0 Å². The van der Waals surface area contributed by atoms with Gasteiger partial charge in [-0.05, 0) is 23.6 Å². The normalized spacial score (nSPS) is 19.0. The van der Waals surface area contributed by atoms with E-state index in [1.54, 1.807) is 30.3 Å². The third kappa shape index (κ3) is 4.39. The van der Waals surface area contributed by atoms with E-state index in [0.29, 0.717) is 43.3 Å². The summed E-state index contributed by atoms with van der Waals surface area (Å²) < 4.78 is 5.43. The second-order valence-corrected chi connectivity index (χ2v) is 5.38. The average Bonchev–Trinajstić information content (AvgIpc) is 2.76. The number of carbonyl (C=O) groups excluding carboxylic acids is 2. The highest BCUT2D eigenvalue weighted by Crippen LogP contribution is 2.09. The first-order valence-electron chi connectivity index (χ1n) is 7.32. The van der Waals surface area contributed by atoms with E-state index in [4.69, 9.17) is 4.74 Å². The minimum absolute atomic E-state index is 0.0531. The fourth-order valence-electron chi connectivity index (χ4n) is 2.27. The van der Waals surface area contributed by atoms with Crippen molar-refractivity contribution in [3.05, 3.63) is 35.7 Å². The number of rotatable bonds is 3. The van der Waals surface area contributed by atoms with Crippen molar-refractivity contribution in [3.63, 3.8) is 0 Å². The Bertz CT molecular complexity index is 572. The summed E-state index contributed by atoms with van der Waals surface area (Å²) in [6, 6.07) is 1.70. The van der Waals surface area contributed by atoms with Crippen LogP contribution in [0.5, 0.6) is 0 Å². The monoisotopic (exact) mass is 303 g/mol. The number of hydrogen-bond acceptors (Lipinski definition) is 4. The van der Waals surface area contributed by atoms with Crippen LogP contribution in [0.1, 0.15) is 22.8 Å². The van der Waals surface area contributed by atoms with Crippen LogP contribution in [0.4, 0.5) is 0 Å². The predicted molar refractivity (Wildman–Crippen MR) is 83.2 cm³/mol. The van der Waals surface area contributed by atoms with Crippen LogP contribution in [-0.2, 0) is 9.53 Å². The number of carbonyl (C=O) groups is 2. The first-order chi connectivity index (χ1) is 10.6. The molecular formula is C16H21N3O3. The predicted octanol–water partition coefficient (Wildman–Crippen LogP) is 0.949. The Labute approximate surface area is 130 Å². The highest BCUT2D eigenvalue weighted by molar-refractivity contribution is 5.95. The molecule has 1 aliphatic heterocycles. The summed E-state index contributed by atoms with van der Waals surface area (Å²) in [5.41, 5.74) is 1.18. The molecule has 6 nitrogen and oxygen atoms in total. The van der Waals surface area contributed by atoms with Gasteiger partial charge in [-0.3, -0.25) is 14.6 Å². The molecule has 1 aromatic heterocycles. The first kappa shape index (κ1) is 16.2. The lowest BCUT2D eigenvalue weighted by Gasteiger charge is -2.19. The number of nitrogens with zero attached hydrogens (tertiary/aromatic N) is 2. The fraction of sp³-hybridized carbons (Fsp3) is 0.438. The van der Waals surface area contributed by atoms with Crippen LogP contribution < -0.4 is 5.32 Å². The van der Waals surface area contributed by atoms with Gasteiger partial charge >= 0.3 is 0 Å². The smallest absolute Gasteiger partial charge is 0.252 e. The van der Waals surface area contributed by atoms with Crippen molar-refractivity contribution < 1.29 is 14.3 Å². The Morgan fingerprint density at radius 1 is 1.45 bits per heavy atom. The van der Waals surface area contributed by atoms with Crippen molar-refractivity contribution in [1.82, 2.24) is 15.2 Å². The van der Waals surface area contributed by atoms with E-state index >= 15 is 0 Å². The van der Waals surface area contributed by atoms with Crippen LogP contribution in [0.2, 0.25) is 0 Å². The molecule has 1 fully saturated rings. The quantitative estimate of drug-likeness (QED) is 0.844. The Morgan fingerprint density at radius 3 is 3.05 bits per heavy atom. The van der Waals surface area contributed by atoms with Crippen molar-refractivity contribution in [1.29, 1.82) is 0 Å². The van der Waals surface area contributed by atoms with Gasteiger partial charge < -0.3 is 15.0 Å². The average molecular weight is 303 g/mol. The van der Waals surface area contributed by atoms with Crippen molar-refractivity contribution in [2.24, 2.45) is 5.92 Å². The zero-order valence-corrected chi connectivity index (χ0v) is 12.9. The molecule has 2 rings (SSSR count). The zero-order valence-electron chi connectivity index (χ0n) is 12.9. The molecule has 0 aromatic carbocycles. The van der Waals surface area contributed by atoms with Gasteiger partial charge in [0.2, 0.25) is 5.91 Å². The molecule has 2 heterocycles. The molecule has 0 aliphatic carbocycles. The topological polar surface area (TPSA) is 71.5 Å². The van der Waals surface area contributed by atoms with Gasteiger partial charge in [0.05, 0.1) is 18.8 Å². The molecular weight excluding hydrogens is 282 g/mol. The van der Waals surface area contributed by atoms with E-state index in [1.807, 2.05) is 0 Å². The van der Waals surface area contributed by atoms with Gasteiger partial charge in [0.15, 0.2) is 0 Å². The van der Waals surface area contributed by atoms with E-state index in [9.17, 15) is 9.59 Å². The number of aromatic nitrogens is 1. The summed E-state index contributed by atoms with van der Waals surface area (Å²) in [5, 5.41) is 2.54. The Morgan fingerprint density at radius 2 is 2.27 bits per heavy atom. The molecule has 118 valence electrons. The Hall–Kier alpha value is -2.21. The Kier molecular flexibility index (Phi) is 5.66. The van der Waals surface area contributed by atoms with Gasteiger partial charge in [0.1, 0.15) is 0 Å². The summed E-state index contributed by atoms with van der Waals surface area (Å²) in [6.07, 6.45) is 6.30. The van der Waals surface area contributed by atoms with Crippen LogP contribution in [0, 0.1) is 5.92 Å². The van der Waals surface area contributed by atoms with Gasteiger partial charge in [-0.1, -0.05) is 6.92 Å². The highest BCUT2D eigenvalue weighted by atomic mass is 16.5. The largest absolute Gasteiger partial charge is 0.379 e. The molecule has 0 radical (unpaired) electrons. The lowest BCUT2D eigenvalue weighted by molar-refractivity contribution is -0.126. The summed E-state index contributed by atoms with van der Waals surface area (Å²) >= 11 is 0. The van der Waals surface area contributed by atoms with Crippen molar-refractivity contribution in [2.75, 3.05) is 33.4 Å². The molecule has 0 bridgehead atoms. The summed E-state index contributed by atoms with van der Waals surface area (Å²) in [5.74, 6) is 0.0772. The van der Waals surface area contributed by atoms with Crippen LogP contribution in [0.3, 0.4) is 0 Å². The lowest BCUT2D eigenvalue weighted by atomic mass is 10.1. The van der Waals surface area contributed by atoms with Gasteiger partial charge in [-0.2, -0.15) is 0 Å². The molecule has 1 saturated heterocycles. The van der Waals surface area contributed by atoms with Gasteiger partial charge in [-0.25, -0.2) is 0 Å². The van der Waals surface area contributed by atoms with Crippen molar-refractivity contribution in [3.8, 4) is 0 Å². The summed E-state index contributed by atoms with van der Waals surface area (Å²) in [4.78, 5) is 29.6. The second-order valence-electron chi connectivity index (χ2n) is 5.38. The zero-order chi connectivity index (χ0) is 15.9. The molecule has 1 aromatic rings. The number of nitrogens with one attached hydrogen (secondary N) is 1. The third-order valence-electron chi connectivity index (χ3n) is 3.42. The minimum Gasteiger partial charge on any atom is -0.379 e. The number of amides is 2. The standard InChI is InChI=1S/C16H21N3O3/c1-12-10-19(5-6-22-11-12)15(20)4-3-13-7-14(9-18-8-13)16(21)17-2/h3-4,7-9,12H,5-6,10-11H2,1-2H3,(H,17,21)/b4-3+. The lowest BCUT2D eigenvalue weighted by Crippen LogP contribution is -2.33. The Balaban J connectivity index is 2.04. The molecule has 1 atom stereocenters. The maximum Gasteiger partial charge on any atom is 0.252 e. The third-order valence-corrected chi connectivity index (χ3v) is 3.42. The van der Waals surface area contributed by atoms with E-state index in [-0.39, 0.29) is 11.8 Å². The van der Waals surface area contributed by atoms with Crippen molar-refractivity contribution in [2.45, 2.75) is 6.92 Å². The van der Waals surface area contributed by atoms with Crippen LogP contribution in [0.15, 0.2) is 24.5 Å². The first-order valence-corrected chi connectivity index (χ1v) is 7.32. The van der Waals surface area contributed by atoms with Gasteiger partial charge in [0, 0.05) is 38.6 Å². The van der Waals surface area contributed by atoms with Crippen molar-refractivity contribution >= 4 is 17.9 Å². The van der Waals surface area contributed by atoms with E-state index < -0.39 is 0 Å². The van der Waals surface area contributed by atoms with Crippen LogP contribution in [0.25, 0.3) is 6.08 Å². The number of hydrogen-bond donors (Lipinski definition) is 1. The van der Waals surface area contributed by atoms with Crippen LogP contribution in [-0.4, -0.2) is 55.0 Å². The maximum atomic E-state index is 12.2. The summed E-state index contributed by atoms with van der Waals surface area (Å²) in [7, 11) is 1.57. The fourth-order valence-corrected chi connectivity index (χ4v) is 2.27. The SMILES string of the molecule is CNC(=O)c1cncc(/C=C/C(=O)N2CCOCC(C)C2)c1. The van der Waals surface area contributed by atoms with Gasteiger partial charge in [0.25, 0.3) is 5.91 Å². The molecule has 1 unspecified atom stereocenters. The molecule has 22 heavy (non-hydrogen) atoms. The maximum absolute atomic E-state index is 12.2. The van der Waals surface area contributed by atoms with Crippen LogP contribution >= 0.6 is 0 Å².